The Kier molecular flexibility index (Phi) is 7.16. The zero-order valence-electron chi connectivity index (χ0n) is 10.4. The maximum absolute atomic E-state index is 11.8. The van der Waals surface area contributed by atoms with Gasteiger partial charge in [-0.3, -0.25) is 9.59 Å². The number of amides is 2. The predicted molar refractivity (Wildman–Crippen MR) is 65.9 cm³/mol. The molecule has 0 aromatic rings. The molecule has 1 saturated heterocycles. The van der Waals surface area contributed by atoms with E-state index >= 15 is 0 Å². The van der Waals surface area contributed by atoms with Crippen LogP contribution in [0.25, 0.3) is 5.32 Å². The summed E-state index contributed by atoms with van der Waals surface area (Å²) < 4.78 is 0. The molecule has 2 amide bonds. The summed E-state index contributed by atoms with van der Waals surface area (Å²) in [6, 6.07) is 0. The van der Waals surface area contributed by atoms with Crippen LogP contribution in [-0.4, -0.2) is 16.9 Å². The summed E-state index contributed by atoms with van der Waals surface area (Å²) in [5.74, 6) is -0.759. The van der Waals surface area contributed by atoms with Crippen LogP contribution in [0.4, 0.5) is 0 Å². The summed E-state index contributed by atoms with van der Waals surface area (Å²) in [5, 5.41) is 6.08. The third-order valence-electron chi connectivity index (χ3n) is 2.74. The monoisotopic (exact) mass is 262 g/mol. The van der Waals surface area contributed by atoms with Crippen molar-refractivity contribution in [2.75, 3.05) is 0 Å². The summed E-state index contributed by atoms with van der Waals surface area (Å²) in [5.41, 5.74) is -1.06. The van der Waals surface area contributed by atoms with Gasteiger partial charge in [0.2, 0.25) is 0 Å². The minimum atomic E-state index is -1.06. The number of carbonyl (C=O) groups is 2. The van der Waals surface area contributed by atoms with Gasteiger partial charge in [0.1, 0.15) is 0 Å². The first-order valence-electron chi connectivity index (χ1n) is 5.33. The van der Waals surface area contributed by atoms with Crippen molar-refractivity contribution >= 4 is 29.1 Å². The number of hydrogen-bond acceptors (Lipinski definition) is 3. The van der Waals surface area contributed by atoms with Gasteiger partial charge in [0.05, 0.1) is 5.41 Å². The summed E-state index contributed by atoms with van der Waals surface area (Å²) in [6.07, 6.45) is 5.48. The summed E-state index contributed by atoms with van der Waals surface area (Å²) in [4.78, 5) is 23.7. The van der Waals surface area contributed by atoms with Crippen LogP contribution in [0.2, 0.25) is 0 Å². The molecule has 0 spiro atoms. The maximum atomic E-state index is 11.8. The first-order valence-corrected chi connectivity index (χ1v) is 5.74. The van der Waals surface area contributed by atoms with Crippen LogP contribution in [0.5, 0.6) is 0 Å². The van der Waals surface area contributed by atoms with Gasteiger partial charge in [0, 0.05) is 5.11 Å². The van der Waals surface area contributed by atoms with Crippen molar-refractivity contribution in [1.82, 2.24) is 5.32 Å². The van der Waals surface area contributed by atoms with Gasteiger partial charge in [0.25, 0.3) is 0 Å². The van der Waals surface area contributed by atoms with Gasteiger partial charge in [-0.15, -0.1) is 0 Å². The molecule has 1 heterocycles. The summed E-state index contributed by atoms with van der Waals surface area (Å²) >= 11 is 4.71. The van der Waals surface area contributed by atoms with Crippen LogP contribution in [0.1, 0.15) is 33.1 Å². The van der Waals surface area contributed by atoms with Gasteiger partial charge in [-0.1, -0.05) is 38.2 Å². The van der Waals surface area contributed by atoms with Crippen molar-refractivity contribution < 1.29 is 39.1 Å². The Morgan fingerprint density at radius 1 is 1.35 bits per heavy atom. The third-order valence-corrected chi connectivity index (χ3v) is 2.93. The zero-order valence-corrected chi connectivity index (χ0v) is 13.3. The predicted octanol–water partition coefficient (Wildman–Crippen LogP) is -0.942. The van der Waals surface area contributed by atoms with E-state index in [2.05, 4.69) is 10.6 Å². The molecule has 6 heteroatoms. The fourth-order valence-corrected chi connectivity index (χ4v) is 1.80. The number of rotatable bonds is 4. The largest absolute Gasteiger partial charge is 1.00 e. The number of nitrogens with zero attached hydrogens (tertiary/aromatic N) is 1. The second kappa shape index (κ2) is 7.26. The van der Waals surface area contributed by atoms with Crippen molar-refractivity contribution in [2.24, 2.45) is 5.41 Å². The van der Waals surface area contributed by atoms with E-state index in [0.717, 1.165) is 6.42 Å². The Morgan fingerprint density at radius 2 is 2.00 bits per heavy atom. The maximum Gasteiger partial charge on any atom is 1.00 e. The smallest absolute Gasteiger partial charge is 0.418 e. The molecule has 0 bridgehead atoms. The molecule has 1 N–H and O–H groups in total. The molecular formula is C11H15N2NaO2S. The van der Waals surface area contributed by atoms with E-state index in [-0.39, 0.29) is 40.6 Å². The topological polar surface area (TPSA) is 60.3 Å². The van der Waals surface area contributed by atoms with E-state index in [4.69, 9.17) is 12.2 Å². The molecule has 0 saturated carbocycles. The molecule has 1 atom stereocenters. The van der Waals surface area contributed by atoms with Crippen LogP contribution in [-0.2, 0) is 9.59 Å². The Labute approximate surface area is 129 Å². The Balaban J connectivity index is 0.00000256. The van der Waals surface area contributed by atoms with Crippen LogP contribution in [0.15, 0.2) is 12.2 Å². The van der Waals surface area contributed by atoms with Gasteiger partial charge in [-0.05, 0) is 19.3 Å². The average molecular weight is 262 g/mol. The molecule has 1 aliphatic heterocycles. The molecule has 0 aromatic heterocycles. The normalized spacial score (nSPS) is 24.2. The first kappa shape index (κ1) is 16.8. The summed E-state index contributed by atoms with van der Waals surface area (Å²) in [7, 11) is 0. The summed E-state index contributed by atoms with van der Waals surface area (Å²) in [6.45, 7) is 3.80. The van der Waals surface area contributed by atoms with Crippen LogP contribution >= 0.6 is 12.2 Å². The minimum absolute atomic E-state index is 0. The minimum Gasteiger partial charge on any atom is -0.418 e. The zero-order chi connectivity index (χ0) is 12.2. The second-order valence-electron chi connectivity index (χ2n) is 3.70. The molecule has 1 unspecified atom stereocenters. The number of carbonyl (C=O) groups excluding carboxylic acids is 2. The van der Waals surface area contributed by atoms with Crippen molar-refractivity contribution in [3.63, 3.8) is 0 Å². The van der Waals surface area contributed by atoms with Crippen LogP contribution in [0.3, 0.4) is 0 Å². The molecule has 1 fully saturated rings. The average Bonchev–Trinajstić information content (AvgIpc) is 2.22. The molecular weight excluding hydrogens is 247 g/mol. The van der Waals surface area contributed by atoms with E-state index in [9.17, 15) is 9.59 Å². The van der Waals surface area contributed by atoms with Crippen LogP contribution in [0, 0.1) is 5.41 Å². The van der Waals surface area contributed by atoms with Gasteiger partial charge in [-0.25, -0.2) is 0 Å². The fraction of sp³-hybridized carbons (Fsp3) is 0.545. The Bertz CT molecular complexity index is 335. The first-order chi connectivity index (χ1) is 7.56. The number of nitrogens with one attached hydrogen (secondary N) is 1. The third kappa shape index (κ3) is 3.61. The Morgan fingerprint density at radius 3 is 2.47 bits per heavy atom. The quantitative estimate of drug-likeness (QED) is 0.308. The molecule has 0 aliphatic carbocycles. The standard InChI is InChI=1S/C11H16N2O2S.Na/c1-3-5-6-7-11(4-2)8(14)12-10(16)13-9(11)15;/h5-6H,3-4,7H2,1-2H3,(H2,12,13,14,15,16);/q;+1/p-1/b6-5+;. The van der Waals surface area contributed by atoms with Gasteiger partial charge >= 0.3 is 29.6 Å². The van der Waals surface area contributed by atoms with Gasteiger partial charge in [0.15, 0.2) is 11.8 Å². The second-order valence-corrected chi connectivity index (χ2v) is 4.08. The molecule has 1 rings (SSSR count). The molecule has 4 nitrogen and oxygen atoms in total. The van der Waals surface area contributed by atoms with Crippen molar-refractivity contribution in [2.45, 2.75) is 33.1 Å². The fourth-order valence-electron chi connectivity index (χ4n) is 1.63. The Hall–Kier alpha value is -0.230. The van der Waals surface area contributed by atoms with Crippen molar-refractivity contribution in [3.05, 3.63) is 17.5 Å². The van der Waals surface area contributed by atoms with Gasteiger partial charge < -0.3 is 10.6 Å². The molecule has 0 aromatic carbocycles. The number of hydrogen-bond donors (Lipinski definition) is 1. The van der Waals surface area contributed by atoms with Crippen molar-refractivity contribution in [1.29, 1.82) is 0 Å². The molecule has 88 valence electrons. The molecule has 17 heavy (non-hydrogen) atoms. The number of allylic oxidation sites excluding steroid dienone is 2. The van der Waals surface area contributed by atoms with E-state index < -0.39 is 11.3 Å². The van der Waals surface area contributed by atoms with Crippen LogP contribution < -0.4 is 34.9 Å². The van der Waals surface area contributed by atoms with E-state index in [1.165, 1.54) is 0 Å². The number of thiocarbonyl (C=S) groups is 1. The van der Waals surface area contributed by atoms with Crippen molar-refractivity contribution in [3.8, 4) is 0 Å². The molecule has 0 radical (unpaired) electrons. The van der Waals surface area contributed by atoms with E-state index in [0.29, 0.717) is 12.8 Å². The molecule has 1 aliphatic rings. The van der Waals surface area contributed by atoms with Gasteiger partial charge in [-0.2, -0.15) is 0 Å². The SMILES string of the molecule is CC/C=C/CC1(CC)C(=O)[N-]C(=S)NC1=O.[Na+]. The van der Waals surface area contributed by atoms with E-state index in [1.807, 2.05) is 19.1 Å². The van der Waals surface area contributed by atoms with E-state index in [1.54, 1.807) is 6.92 Å².